The minimum Gasteiger partial charge on any atom is -0.462 e. The van der Waals surface area contributed by atoms with Crippen LogP contribution in [0.4, 0.5) is 0 Å². The molecular formula is C48H86O10. The Kier molecular flexibility index (Phi) is 36.3. The zero-order chi connectivity index (χ0) is 42.3. The van der Waals surface area contributed by atoms with Crippen molar-refractivity contribution in [2.45, 2.75) is 237 Å². The number of carbonyl (C=O) groups is 2. The second kappa shape index (κ2) is 39.1. The molecule has 10 nitrogen and oxygen atoms in total. The number of aliphatic hydroxyl groups is 4. The van der Waals surface area contributed by atoms with Crippen LogP contribution >= 0.6 is 0 Å². The maximum Gasteiger partial charge on any atom is 0.306 e. The van der Waals surface area contributed by atoms with Crippen LogP contribution in [0.25, 0.3) is 0 Å². The second-order valence-corrected chi connectivity index (χ2v) is 16.2. The van der Waals surface area contributed by atoms with E-state index in [0.29, 0.717) is 12.8 Å². The van der Waals surface area contributed by atoms with Gasteiger partial charge in [-0.2, -0.15) is 0 Å². The first kappa shape index (κ1) is 53.9. The minimum absolute atomic E-state index is 0.224. The standard InChI is InChI=1S/C48H86O10/c1-3-5-7-9-11-13-15-17-19-20-21-23-25-27-29-31-33-35-37-44(51)57-41(40-56-48-47(54)46(53)45(52)42(38-49)58-48)39-55-43(50)36-34-32-30-28-26-24-22-18-16-14-12-10-8-6-4-2/h6,8,12,14,18,22,41-42,45-49,52-54H,3-5,7,9-11,13,15-17,19-21,23-40H2,1-2H3/b8-6+,14-12+,22-18+/t41-,42-,45+,46?,47?,48-/m1/s1. The summed E-state index contributed by atoms with van der Waals surface area (Å²) >= 11 is 0. The predicted molar refractivity (Wildman–Crippen MR) is 233 cm³/mol. The molecule has 1 saturated heterocycles. The van der Waals surface area contributed by atoms with E-state index in [1.165, 1.54) is 89.9 Å². The van der Waals surface area contributed by atoms with E-state index in [9.17, 15) is 30.0 Å². The monoisotopic (exact) mass is 823 g/mol. The van der Waals surface area contributed by atoms with Crippen LogP contribution in [0.5, 0.6) is 0 Å². The van der Waals surface area contributed by atoms with Crippen LogP contribution in [0.1, 0.15) is 200 Å². The summed E-state index contributed by atoms with van der Waals surface area (Å²) in [4.78, 5) is 25.4. The largest absolute Gasteiger partial charge is 0.462 e. The van der Waals surface area contributed by atoms with Gasteiger partial charge in [-0.15, -0.1) is 0 Å². The highest BCUT2D eigenvalue weighted by Crippen LogP contribution is 2.23. The van der Waals surface area contributed by atoms with E-state index in [-0.39, 0.29) is 26.1 Å². The number of hydrogen-bond acceptors (Lipinski definition) is 10. The topological polar surface area (TPSA) is 152 Å². The van der Waals surface area contributed by atoms with E-state index in [1.54, 1.807) is 0 Å². The van der Waals surface area contributed by atoms with Crippen molar-refractivity contribution >= 4 is 11.9 Å². The van der Waals surface area contributed by atoms with Crippen molar-refractivity contribution < 1.29 is 49.0 Å². The van der Waals surface area contributed by atoms with E-state index in [2.05, 4.69) is 50.3 Å². The Balaban J connectivity index is 2.30. The summed E-state index contributed by atoms with van der Waals surface area (Å²) in [5, 5.41) is 40.1. The first-order chi connectivity index (χ1) is 28.3. The van der Waals surface area contributed by atoms with Crippen molar-refractivity contribution in [1.82, 2.24) is 0 Å². The van der Waals surface area contributed by atoms with Gasteiger partial charge in [0, 0.05) is 12.8 Å². The van der Waals surface area contributed by atoms with E-state index in [0.717, 1.165) is 70.6 Å². The maximum atomic E-state index is 12.8. The van der Waals surface area contributed by atoms with Gasteiger partial charge in [-0.05, 0) is 44.9 Å². The predicted octanol–water partition coefficient (Wildman–Crippen LogP) is 10.3. The van der Waals surface area contributed by atoms with Crippen LogP contribution < -0.4 is 0 Å². The Morgan fingerprint density at radius 2 is 1.02 bits per heavy atom. The fourth-order valence-electron chi connectivity index (χ4n) is 7.09. The summed E-state index contributed by atoms with van der Waals surface area (Å²) in [5.74, 6) is -0.820. The van der Waals surface area contributed by atoms with Gasteiger partial charge in [0.15, 0.2) is 12.4 Å². The molecule has 1 heterocycles. The van der Waals surface area contributed by atoms with Gasteiger partial charge in [0.05, 0.1) is 13.2 Å². The van der Waals surface area contributed by atoms with Crippen LogP contribution in [0.3, 0.4) is 0 Å². The molecule has 58 heavy (non-hydrogen) atoms. The molecular weight excluding hydrogens is 737 g/mol. The van der Waals surface area contributed by atoms with Crippen LogP contribution in [-0.4, -0.2) is 89.0 Å². The quantitative estimate of drug-likeness (QED) is 0.0268. The lowest BCUT2D eigenvalue weighted by molar-refractivity contribution is -0.305. The zero-order valence-electron chi connectivity index (χ0n) is 36.8. The van der Waals surface area contributed by atoms with Crippen molar-refractivity contribution in [3.05, 3.63) is 36.5 Å². The third-order valence-electron chi connectivity index (χ3n) is 10.8. The molecule has 0 amide bonds. The molecule has 4 N–H and O–H groups in total. The molecule has 0 saturated carbocycles. The number of esters is 2. The number of hydrogen-bond donors (Lipinski definition) is 4. The molecule has 0 radical (unpaired) electrons. The summed E-state index contributed by atoms with van der Waals surface area (Å²) < 4.78 is 22.2. The maximum absolute atomic E-state index is 12.8. The van der Waals surface area contributed by atoms with Crippen molar-refractivity contribution in [2.24, 2.45) is 0 Å². The molecule has 1 aliphatic rings. The average Bonchev–Trinajstić information content (AvgIpc) is 3.22. The van der Waals surface area contributed by atoms with Gasteiger partial charge >= 0.3 is 11.9 Å². The van der Waals surface area contributed by atoms with Gasteiger partial charge in [-0.3, -0.25) is 9.59 Å². The zero-order valence-corrected chi connectivity index (χ0v) is 36.8. The second-order valence-electron chi connectivity index (χ2n) is 16.2. The molecule has 10 heteroatoms. The Labute approximate surface area is 353 Å². The van der Waals surface area contributed by atoms with Crippen molar-refractivity contribution in [3.63, 3.8) is 0 Å². The molecule has 0 aromatic carbocycles. The lowest BCUT2D eigenvalue weighted by atomic mass is 9.99. The van der Waals surface area contributed by atoms with E-state index in [4.69, 9.17) is 18.9 Å². The Morgan fingerprint density at radius 3 is 1.53 bits per heavy atom. The molecule has 2 unspecified atom stereocenters. The van der Waals surface area contributed by atoms with Crippen LogP contribution in [0, 0.1) is 0 Å². The summed E-state index contributed by atoms with van der Waals surface area (Å²) in [7, 11) is 0. The van der Waals surface area contributed by atoms with Crippen molar-refractivity contribution in [3.8, 4) is 0 Å². The first-order valence-electron chi connectivity index (χ1n) is 23.6. The first-order valence-corrected chi connectivity index (χ1v) is 23.6. The molecule has 0 aliphatic carbocycles. The summed E-state index contributed by atoms with van der Waals surface area (Å²) in [5.41, 5.74) is 0. The summed E-state index contributed by atoms with van der Waals surface area (Å²) in [6, 6.07) is 0. The third kappa shape index (κ3) is 30.0. The van der Waals surface area contributed by atoms with Crippen molar-refractivity contribution in [1.29, 1.82) is 0 Å². The van der Waals surface area contributed by atoms with Gasteiger partial charge in [0.25, 0.3) is 0 Å². The lowest BCUT2D eigenvalue weighted by Crippen LogP contribution is -2.59. The minimum atomic E-state index is -1.60. The summed E-state index contributed by atoms with van der Waals surface area (Å²) in [6.45, 7) is 3.31. The highest BCUT2D eigenvalue weighted by atomic mass is 16.7. The Hall–Kier alpha value is -2.08. The van der Waals surface area contributed by atoms with Gasteiger partial charge in [-0.1, -0.05) is 179 Å². The highest BCUT2D eigenvalue weighted by molar-refractivity contribution is 5.70. The average molecular weight is 823 g/mol. The van der Waals surface area contributed by atoms with Crippen molar-refractivity contribution in [2.75, 3.05) is 19.8 Å². The molecule has 6 atom stereocenters. The normalized spacial score (nSPS) is 20.4. The molecule has 0 bridgehead atoms. The SMILES string of the molecule is CC/C=C/C/C=C/C/C=C/CCCCCCCC(=O)OC[C@H](CO[C@@H]1O[C@H](CO)[C@H](O)C(O)C1O)OC(=O)CCCCCCCCCCCCCCCCCCCC. The fraction of sp³-hybridized carbons (Fsp3) is 0.833. The number of allylic oxidation sites excluding steroid dienone is 6. The van der Waals surface area contributed by atoms with Gasteiger partial charge in [0.1, 0.15) is 31.0 Å². The molecule has 338 valence electrons. The smallest absolute Gasteiger partial charge is 0.306 e. The van der Waals surface area contributed by atoms with Gasteiger partial charge < -0.3 is 39.4 Å². The van der Waals surface area contributed by atoms with E-state index >= 15 is 0 Å². The number of unbranched alkanes of at least 4 members (excludes halogenated alkanes) is 22. The van der Waals surface area contributed by atoms with Gasteiger partial charge in [-0.25, -0.2) is 0 Å². The molecule has 1 rings (SSSR count). The Bertz CT molecular complexity index is 1040. The lowest BCUT2D eigenvalue weighted by Gasteiger charge is -2.39. The third-order valence-corrected chi connectivity index (χ3v) is 10.8. The summed E-state index contributed by atoms with van der Waals surface area (Å²) in [6.07, 6.45) is 37.2. The molecule has 1 aliphatic heterocycles. The number of ether oxygens (including phenoxy) is 4. The van der Waals surface area contributed by atoms with Crippen LogP contribution in [-0.2, 0) is 28.5 Å². The van der Waals surface area contributed by atoms with E-state index < -0.39 is 55.4 Å². The molecule has 1 fully saturated rings. The number of carbonyl (C=O) groups excluding carboxylic acids is 2. The number of aliphatic hydroxyl groups excluding tert-OH is 4. The molecule has 0 spiro atoms. The highest BCUT2D eigenvalue weighted by Gasteiger charge is 2.44. The number of rotatable bonds is 39. The Morgan fingerprint density at radius 1 is 0.552 bits per heavy atom. The molecule has 0 aromatic heterocycles. The van der Waals surface area contributed by atoms with Crippen LogP contribution in [0.15, 0.2) is 36.5 Å². The fourth-order valence-corrected chi connectivity index (χ4v) is 7.09. The van der Waals surface area contributed by atoms with E-state index in [1.807, 2.05) is 0 Å². The van der Waals surface area contributed by atoms with Gasteiger partial charge in [0.2, 0.25) is 0 Å². The van der Waals surface area contributed by atoms with Crippen LogP contribution in [0.2, 0.25) is 0 Å². The molecule has 0 aromatic rings.